The van der Waals surface area contributed by atoms with Crippen LogP contribution in [0.4, 0.5) is 8.78 Å². The van der Waals surface area contributed by atoms with Crippen molar-refractivity contribution in [1.82, 2.24) is 25.1 Å². The zero-order valence-corrected chi connectivity index (χ0v) is 15.6. The maximum atomic E-state index is 12.6. The van der Waals surface area contributed by atoms with E-state index in [1.807, 2.05) is 6.07 Å². The van der Waals surface area contributed by atoms with E-state index < -0.39 is 18.6 Å². The molecule has 0 bridgehead atoms. The zero-order chi connectivity index (χ0) is 20.3. The number of halogens is 2. The largest absolute Gasteiger partial charge is 0.435 e. The lowest BCUT2D eigenvalue weighted by molar-refractivity contribution is -0.0499. The Morgan fingerprint density at radius 1 is 1.36 bits per heavy atom. The van der Waals surface area contributed by atoms with E-state index in [-0.39, 0.29) is 11.3 Å². The first-order valence-corrected chi connectivity index (χ1v) is 8.82. The molecule has 3 aromatic rings. The van der Waals surface area contributed by atoms with Gasteiger partial charge in [0.1, 0.15) is 23.0 Å². The highest BCUT2D eigenvalue weighted by molar-refractivity contribution is 7.14. The number of aryl methyl sites for hydroxylation is 1. The monoisotopic (exact) mass is 404 g/mol. The lowest BCUT2D eigenvalue weighted by Gasteiger charge is -2.14. The van der Waals surface area contributed by atoms with Crippen molar-refractivity contribution in [1.29, 1.82) is 5.26 Å². The summed E-state index contributed by atoms with van der Waals surface area (Å²) in [5.41, 5.74) is 0.778. The SMILES string of the molecule is Cc1cc(OC(F)F)cc(C(=O)N[C@@H](C)c2ncnn2-c2ncc(C#N)s2)c1. The summed E-state index contributed by atoms with van der Waals surface area (Å²) in [6.07, 6.45) is 2.73. The van der Waals surface area contributed by atoms with Gasteiger partial charge in [-0.1, -0.05) is 11.3 Å². The molecule has 3 rings (SSSR count). The molecule has 1 amide bonds. The van der Waals surface area contributed by atoms with Crippen molar-refractivity contribution >= 4 is 17.2 Å². The molecule has 0 spiro atoms. The number of carbonyl (C=O) groups excluding carboxylic acids is 1. The van der Waals surface area contributed by atoms with E-state index in [4.69, 9.17) is 5.26 Å². The topological polar surface area (TPSA) is 106 Å². The summed E-state index contributed by atoms with van der Waals surface area (Å²) in [4.78, 5) is 21.2. The van der Waals surface area contributed by atoms with Crippen LogP contribution >= 0.6 is 11.3 Å². The summed E-state index contributed by atoms with van der Waals surface area (Å²) in [6, 6.07) is 5.65. The average Bonchev–Trinajstić information content (AvgIpc) is 3.29. The molecule has 0 unspecified atom stereocenters. The fourth-order valence-corrected chi connectivity index (χ4v) is 3.18. The van der Waals surface area contributed by atoms with Gasteiger partial charge in [-0.2, -0.15) is 23.8 Å². The number of rotatable bonds is 6. The van der Waals surface area contributed by atoms with Crippen LogP contribution in [0, 0.1) is 18.3 Å². The molecular formula is C17H14F2N6O2S. The second-order valence-corrected chi connectivity index (χ2v) is 6.77. The van der Waals surface area contributed by atoms with E-state index in [1.54, 1.807) is 19.9 Å². The van der Waals surface area contributed by atoms with Crippen molar-refractivity contribution in [2.24, 2.45) is 0 Å². The highest BCUT2D eigenvalue weighted by Gasteiger charge is 2.20. The van der Waals surface area contributed by atoms with E-state index in [0.29, 0.717) is 21.4 Å². The number of hydrogen-bond donors (Lipinski definition) is 1. The zero-order valence-electron chi connectivity index (χ0n) is 14.8. The van der Waals surface area contributed by atoms with Crippen molar-refractivity contribution in [3.63, 3.8) is 0 Å². The molecule has 1 atom stereocenters. The number of hydrogen-bond acceptors (Lipinski definition) is 7. The molecule has 8 nitrogen and oxygen atoms in total. The first kappa shape index (κ1) is 19.4. The molecule has 11 heteroatoms. The average molecular weight is 404 g/mol. The smallest absolute Gasteiger partial charge is 0.387 e. The van der Waals surface area contributed by atoms with Crippen LogP contribution in [0.5, 0.6) is 5.75 Å². The van der Waals surface area contributed by atoms with Gasteiger partial charge in [-0.05, 0) is 37.6 Å². The van der Waals surface area contributed by atoms with Crippen molar-refractivity contribution < 1.29 is 18.3 Å². The molecule has 28 heavy (non-hydrogen) atoms. The van der Waals surface area contributed by atoms with Crippen LogP contribution < -0.4 is 10.1 Å². The Bertz CT molecular complexity index is 1040. The predicted octanol–water partition coefficient (Wildman–Crippen LogP) is 3.00. The summed E-state index contributed by atoms with van der Waals surface area (Å²) in [5, 5.41) is 16.2. The molecule has 0 aliphatic carbocycles. The van der Waals surface area contributed by atoms with E-state index >= 15 is 0 Å². The van der Waals surface area contributed by atoms with Crippen LogP contribution in [0.25, 0.3) is 5.13 Å². The van der Waals surface area contributed by atoms with Crippen LogP contribution in [-0.2, 0) is 0 Å². The molecule has 0 fully saturated rings. The molecule has 0 aliphatic heterocycles. The highest BCUT2D eigenvalue weighted by Crippen LogP contribution is 2.22. The fourth-order valence-electron chi connectivity index (χ4n) is 2.50. The number of benzene rings is 1. The van der Waals surface area contributed by atoms with Crippen molar-refractivity contribution in [3.05, 3.63) is 52.6 Å². The Morgan fingerprint density at radius 3 is 2.82 bits per heavy atom. The lowest BCUT2D eigenvalue weighted by atomic mass is 10.1. The minimum atomic E-state index is -2.98. The normalized spacial score (nSPS) is 11.9. The number of nitrogens with zero attached hydrogens (tertiary/aromatic N) is 5. The second kappa shape index (κ2) is 8.10. The summed E-state index contributed by atoms with van der Waals surface area (Å²) < 4.78 is 30.7. The number of carbonyl (C=O) groups is 1. The predicted molar refractivity (Wildman–Crippen MR) is 95.4 cm³/mol. The highest BCUT2D eigenvalue weighted by atomic mass is 32.1. The first-order valence-electron chi connectivity index (χ1n) is 8.01. The van der Waals surface area contributed by atoms with Gasteiger partial charge in [0.2, 0.25) is 5.13 Å². The van der Waals surface area contributed by atoms with Gasteiger partial charge >= 0.3 is 6.61 Å². The third kappa shape index (κ3) is 4.29. The molecule has 0 aliphatic rings. The van der Waals surface area contributed by atoms with Crippen LogP contribution in [0.15, 0.2) is 30.7 Å². The van der Waals surface area contributed by atoms with E-state index in [2.05, 4.69) is 25.1 Å². The quantitative estimate of drug-likeness (QED) is 0.677. The van der Waals surface area contributed by atoms with Gasteiger partial charge in [-0.25, -0.2) is 9.97 Å². The fraction of sp³-hybridized carbons (Fsp3) is 0.235. The van der Waals surface area contributed by atoms with E-state index in [0.717, 1.165) is 11.3 Å². The lowest BCUT2D eigenvalue weighted by Crippen LogP contribution is -2.28. The second-order valence-electron chi connectivity index (χ2n) is 5.76. The third-order valence-corrected chi connectivity index (χ3v) is 4.51. The van der Waals surface area contributed by atoms with Crippen molar-refractivity contribution in [2.75, 3.05) is 0 Å². The number of nitriles is 1. The number of aromatic nitrogens is 4. The maximum Gasteiger partial charge on any atom is 0.387 e. The number of thiazole rings is 1. The maximum absolute atomic E-state index is 12.6. The minimum absolute atomic E-state index is 0.0946. The number of nitrogens with one attached hydrogen (secondary N) is 1. The number of amides is 1. The van der Waals surface area contributed by atoms with E-state index in [1.165, 1.54) is 29.3 Å². The van der Waals surface area contributed by atoms with Crippen LogP contribution in [0.2, 0.25) is 0 Å². The Kier molecular flexibility index (Phi) is 5.60. The van der Waals surface area contributed by atoms with Crippen LogP contribution in [0.1, 0.15) is 39.6 Å². The molecule has 0 saturated heterocycles. The Morgan fingerprint density at radius 2 is 2.14 bits per heavy atom. The first-order chi connectivity index (χ1) is 13.4. The molecule has 2 heterocycles. The molecule has 2 aromatic heterocycles. The molecule has 0 radical (unpaired) electrons. The number of ether oxygens (including phenoxy) is 1. The molecule has 1 N–H and O–H groups in total. The summed E-state index contributed by atoms with van der Waals surface area (Å²) >= 11 is 1.13. The Labute approximate surface area is 162 Å². The molecule has 1 aromatic carbocycles. The third-order valence-electron chi connectivity index (χ3n) is 3.63. The summed E-state index contributed by atoms with van der Waals surface area (Å²) in [5.74, 6) is -0.173. The summed E-state index contributed by atoms with van der Waals surface area (Å²) in [7, 11) is 0. The van der Waals surface area contributed by atoms with Gasteiger partial charge in [0.05, 0.1) is 12.2 Å². The number of alkyl halides is 2. The van der Waals surface area contributed by atoms with Gasteiger partial charge in [0, 0.05) is 5.56 Å². The molecule has 0 saturated carbocycles. The van der Waals surface area contributed by atoms with Crippen molar-refractivity contribution in [3.8, 4) is 17.0 Å². The Hall–Kier alpha value is -3.39. The van der Waals surface area contributed by atoms with Crippen LogP contribution in [0.3, 0.4) is 0 Å². The summed E-state index contributed by atoms with van der Waals surface area (Å²) in [6.45, 7) is 0.389. The Balaban J connectivity index is 1.80. The van der Waals surface area contributed by atoms with Gasteiger partial charge in [0.15, 0.2) is 5.82 Å². The molecular weight excluding hydrogens is 390 g/mol. The van der Waals surface area contributed by atoms with E-state index in [9.17, 15) is 13.6 Å². The van der Waals surface area contributed by atoms with Gasteiger partial charge in [-0.3, -0.25) is 4.79 Å². The molecule has 144 valence electrons. The van der Waals surface area contributed by atoms with Gasteiger partial charge in [-0.15, -0.1) is 0 Å². The minimum Gasteiger partial charge on any atom is -0.435 e. The van der Waals surface area contributed by atoms with Crippen LogP contribution in [-0.4, -0.2) is 32.3 Å². The standard InChI is InChI=1S/C17H14F2N6O2S/c1-9-3-11(5-12(4-9)27-16(18)19)15(26)24-10(2)14-22-8-23-25(14)17-21-7-13(6-20)28-17/h3-5,7-8,10,16H,1-2H3,(H,24,26)/t10-/m0/s1. The van der Waals surface area contributed by atoms with Gasteiger partial charge < -0.3 is 10.1 Å². The van der Waals surface area contributed by atoms with Crippen molar-refractivity contribution in [2.45, 2.75) is 26.5 Å². The van der Waals surface area contributed by atoms with Gasteiger partial charge in [0.25, 0.3) is 5.91 Å².